The summed E-state index contributed by atoms with van der Waals surface area (Å²) in [5.41, 5.74) is 5.35. The van der Waals surface area contributed by atoms with Crippen molar-refractivity contribution in [2.45, 2.75) is 56.1 Å². The van der Waals surface area contributed by atoms with Crippen LogP contribution in [0.25, 0.3) is 0 Å². The zero-order chi connectivity index (χ0) is 13.1. The van der Waals surface area contributed by atoms with Gasteiger partial charge in [-0.25, -0.2) is 8.42 Å². The molecule has 6 heteroatoms. The molecule has 0 aromatic carbocycles. The molecule has 3 N–H and O–H groups in total. The molecule has 2 unspecified atom stereocenters. The van der Waals surface area contributed by atoms with Crippen LogP contribution in [0.3, 0.4) is 0 Å². The van der Waals surface area contributed by atoms with Crippen molar-refractivity contribution in [3.05, 3.63) is 0 Å². The van der Waals surface area contributed by atoms with E-state index in [1.165, 1.54) is 13.8 Å². The summed E-state index contributed by atoms with van der Waals surface area (Å²) in [6.07, 6.45) is 4.10. The Balaban J connectivity index is 2.62. The Morgan fingerprint density at radius 1 is 1.35 bits per heavy atom. The van der Waals surface area contributed by atoms with Crippen LogP contribution in [0.1, 0.15) is 39.5 Å². The van der Waals surface area contributed by atoms with Crippen molar-refractivity contribution in [3.63, 3.8) is 0 Å². The Labute approximate surface area is 103 Å². The molecular weight excluding hydrogens is 240 g/mol. The van der Waals surface area contributed by atoms with E-state index in [4.69, 9.17) is 5.73 Å². The van der Waals surface area contributed by atoms with Gasteiger partial charge in [0.25, 0.3) is 0 Å². The zero-order valence-corrected chi connectivity index (χ0v) is 11.3. The summed E-state index contributed by atoms with van der Waals surface area (Å²) in [6, 6.07) is 0.147. The summed E-state index contributed by atoms with van der Waals surface area (Å²) in [6.45, 7) is 3.02. The fourth-order valence-electron chi connectivity index (χ4n) is 2.02. The van der Waals surface area contributed by atoms with Crippen molar-refractivity contribution in [2.24, 2.45) is 5.73 Å². The summed E-state index contributed by atoms with van der Waals surface area (Å²) in [5, 5.41) is 1.12. The van der Waals surface area contributed by atoms with E-state index in [1.807, 2.05) is 0 Å². The van der Waals surface area contributed by atoms with Crippen LogP contribution >= 0.6 is 0 Å². The molecule has 0 aromatic rings. The van der Waals surface area contributed by atoms with Crippen LogP contribution in [0.15, 0.2) is 0 Å². The molecule has 2 atom stereocenters. The Hall–Kier alpha value is -0.620. The first-order valence-corrected chi connectivity index (χ1v) is 7.73. The van der Waals surface area contributed by atoms with E-state index in [0.29, 0.717) is 0 Å². The molecule has 0 spiro atoms. The number of hydrogen-bond donors (Lipinski definition) is 2. The summed E-state index contributed by atoms with van der Waals surface area (Å²) in [7, 11) is -3.47. The van der Waals surface area contributed by atoms with E-state index in [9.17, 15) is 13.2 Å². The molecule has 1 fully saturated rings. The summed E-state index contributed by atoms with van der Waals surface area (Å²) in [5.74, 6) is -0.391. The minimum atomic E-state index is -3.47. The number of carbonyl (C=O) groups is 1. The number of carbonyl (C=O) groups excluding carboxylic acids is 1. The number of amides is 1. The predicted molar refractivity (Wildman–Crippen MR) is 67.3 cm³/mol. The third kappa shape index (κ3) is 3.42. The molecular formula is C11H22N2O3S. The van der Waals surface area contributed by atoms with Gasteiger partial charge in [0.2, 0.25) is 5.91 Å². The number of rotatable bonds is 5. The van der Waals surface area contributed by atoms with Crippen LogP contribution < -0.4 is 11.1 Å². The van der Waals surface area contributed by atoms with Crippen molar-refractivity contribution in [2.75, 3.05) is 6.54 Å². The topological polar surface area (TPSA) is 89.3 Å². The highest BCUT2D eigenvalue weighted by molar-refractivity contribution is 7.93. The van der Waals surface area contributed by atoms with Crippen LogP contribution in [0.4, 0.5) is 0 Å². The number of sulfone groups is 1. The van der Waals surface area contributed by atoms with Crippen LogP contribution in [0, 0.1) is 0 Å². The van der Waals surface area contributed by atoms with Gasteiger partial charge in [-0.3, -0.25) is 4.79 Å². The van der Waals surface area contributed by atoms with Crippen molar-refractivity contribution in [1.82, 2.24) is 5.32 Å². The molecule has 0 bridgehead atoms. The number of nitrogens with two attached hydrogens (primary N) is 1. The number of hydrogen-bond acceptors (Lipinski definition) is 4. The van der Waals surface area contributed by atoms with E-state index in [0.717, 1.165) is 25.7 Å². The van der Waals surface area contributed by atoms with Gasteiger partial charge < -0.3 is 11.1 Å². The standard InChI is InChI=1S/C11H22N2O3S/c1-8(7-12)17(15,16)9(2)11(14)13-10-5-3-4-6-10/h8-10H,3-7,12H2,1-2H3,(H,13,14). The van der Waals surface area contributed by atoms with Crippen LogP contribution in [0.5, 0.6) is 0 Å². The molecule has 100 valence electrons. The Morgan fingerprint density at radius 2 is 1.88 bits per heavy atom. The fraction of sp³-hybridized carbons (Fsp3) is 0.909. The van der Waals surface area contributed by atoms with Crippen molar-refractivity contribution in [1.29, 1.82) is 0 Å². The lowest BCUT2D eigenvalue weighted by atomic mass is 10.2. The van der Waals surface area contributed by atoms with Crippen molar-refractivity contribution < 1.29 is 13.2 Å². The minimum Gasteiger partial charge on any atom is -0.352 e. The fourth-order valence-corrected chi connectivity index (χ4v) is 3.35. The summed E-state index contributed by atoms with van der Waals surface area (Å²) < 4.78 is 23.9. The lowest BCUT2D eigenvalue weighted by Gasteiger charge is -2.19. The normalized spacial score (nSPS) is 21.1. The third-order valence-electron chi connectivity index (χ3n) is 3.46. The van der Waals surface area contributed by atoms with Gasteiger partial charge in [0.1, 0.15) is 5.25 Å². The SMILES string of the molecule is CC(CN)S(=O)(=O)C(C)C(=O)NC1CCCC1. The average molecular weight is 262 g/mol. The molecule has 0 aromatic heterocycles. The van der Waals surface area contributed by atoms with E-state index < -0.39 is 26.2 Å². The highest BCUT2D eigenvalue weighted by atomic mass is 32.2. The molecule has 1 saturated carbocycles. The van der Waals surface area contributed by atoms with Crippen LogP contribution in [0.2, 0.25) is 0 Å². The maximum absolute atomic E-state index is 11.9. The Morgan fingerprint density at radius 3 is 2.35 bits per heavy atom. The minimum absolute atomic E-state index is 0.0450. The lowest BCUT2D eigenvalue weighted by Crippen LogP contribution is -2.46. The molecule has 1 aliphatic rings. The van der Waals surface area contributed by atoms with Gasteiger partial charge in [-0.2, -0.15) is 0 Å². The van der Waals surface area contributed by atoms with Gasteiger partial charge in [-0.15, -0.1) is 0 Å². The van der Waals surface area contributed by atoms with Crippen LogP contribution in [-0.4, -0.2) is 37.4 Å². The first-order valence-electron chi connectivity index (χ1n) is 6.12. The number of nitrogens with one attached hydrogen (secondary N) is 1. The van der Waals surface area contributed by atoms with E-state index in [-0.39, 0.29) is 12.6 Å². The van der Waals surface area contributed by atoms with E-state index >= 15 is 0 Å². The molecule has 5 nitrogen and oxygen atoms in total. The van der Waals surface area contributed by atoms with Crippen molar-refractivity contribution >= 4 is 15.7 Å². The predicted octanol–water partition coefficient (Wildman–Crippen LogP) is 0.196. The molecule has 0 aliphatic heterocycles. The van der Waals surface area contributed by atoms with Gasteiger partial charge in [-0.05, 0) is 26.7 Å². The monoisotopic (exact) mass is 262 g/mol. The van der Waals surface area contributed by atoms with Gasteiger partial charge in [0, 0.05) is 12.6 Å². The van der Waals surface area contributed by atoms with Gasteiger partial charge in [-0.1, -0.05) is 12.8 Å². The van der Waals surface area contributed by atoms with Gasteiger partial charge >= 0.3 is 0 Å². The largest absolute Gasteiger partial charge is 0.352 e. The highest BCUT2D eigenvalue weighted by Gasteiger charge is 2.33. The molecule has 1 aliphatic carbocycles. The quantitative estimate of drug-likeness (QED) is 0.740. The highest BCUT2D eigenvalue weighted by Crippen LogP contribution is 2.18. The summed E-state index contributed by atoms with van der Waals surface area (Å²) in [4.78, 5) is 11.8. The molecule has 1 rings (SSSR count). The Bertz CT molecular complexity index is 361. The maximum atomic E-state index is 11.9. The molecule has 17 heavy (non-hydrogen) atoms. The second-order valence-corrected chi connectivity index (χ2v) is 7.46. The molecule has 0 saturated heterocycles. The average Bonchev–Trinajstić information content (AvgIpc) is 2.79. The summed E-state index contributed by atoms with van der Waals surface area (Å²) >= 11 is 0. The smallest absolute Gasteiger partial charge is 0.238 e. The first kappa shape index (κ1) is 14.4. The molecule has 0 heterocycles. The van der Waals surface area contributed by atoms with Gasteiger partial charge in [0.15, 0.2) is 9.84 Å². The first-order chi connectivity index (χ1) is 7.89. The lowest BCUT2D eigenvalue weighted by molar-refractivity contribution is -0.121. The van der Waals surface area contributed by atoms with E-state index in [2.05, 4.69) is 5.32 Å². The second kappa shape index (κ2) is 5.82. The van der Waals surface area contributed by atoms with Crippen LogP contribution in [-0.2, 0) is 14.6 Å². The third-order valence-corrected chi connectivity index (χ3v) is 5.97. The molecule has 0 radical (unpaired) electrons. The maximum Gasteiger partial charge on any atom is 0.238 e. The zero-order valence-electron chi connectivity index (χ0n) is 10.5. The second-order valence-electron chi connectivity index (χ2n) is 4.77. The van der Waals surface area contributed by atoms with E-state index in [1.54, 1.807) is 0 Å². The van der Waals surface area contributed by atoms with Crippen molar-refractivity contribution in [3.8, 4) is 0 Å². The molecule has 1 amide bonds. The van der Waals surface area contributed by atoms with Gasteiger partial charge in [0.05, 0.1) is 5.25 Å². The Kier molecular flexibility index (Phi) is 4.94.